The SMILES string of the molecule is CN[C@@H](CSc1cccc(Oc2ccccc2)c1N)C(=O)O.CN[C@@H](CSc1cccc(Oc2ccccc2)c1[N+](=O)[O-])C(=O)O. The fourth-order valence-corrected chi connectivity index (χ4v) is 5.98. The first-order valence-electron chi connectivity index (χ1n) is 13.8. The van der Waals surface area contributed by atoms with E-state index >= 15 is 0 Å². The summed E-state index contributed by atoms with van der Waals surface area (Å²) in [6, 6.07) is 26.9. The van der Waals surface area contributed by atoms with Crippen molar-refractivity contribution in [1.29, 1.82) is 0 Å². The van der Waals surface area contributed by atoms with Crippen LogP contribution in [0.5, 0.6) is 23.0 Å². The minimum absolute atomic E-state index is 0.118. The van der Waals surface area contributed by atoms with E-state index < -0.39 is 28.9 Å². The second-order valence-electron chi connectivity index (χ2n) is 9.34. The molecule has 4 aromatic carbocycles. The molecule has 0 spiro atoms. The monoisotopic (exact) mass is 666 g/mol. The van der Waals surface area contributed by atoms with Crippen LogP contribution in [0.4, 0.5) is 11.4 Å². The maximum Gasteiger partial charge on any atom is 0.324 e. The molecule has 2 atom stereocenters. The zero-order chi connectivity index (χ0) is 33.5. The summed E-state index contributed by atoms with van der Waals surface area (Å²) in [7, 11) is 3.15. The first kappa shape index (κ1) is 35.7. The Bertz CT molecular complexity index is 1600. The lowest BCUT2D eigenvalue weighted by atomic mass is 10.3. The van der Waals surface area contributed by atoms with Crippen molar-refractivity contribution in [3.63, 3.8) is 0 Å². The van der Waals surface area contributed by atoms with Crippen molar-refractivity contribution >= 4 is 46.8 Å². The van der Waals surface area contributed by atoms with Crippen LogP contribution in [-0.2, 0) is 9.59 Å². The molecule has 0 saturated heterocycles. The third-order valence-corrected chi connectivity index (χ3v) is 8.52. The van der Waals surface area contributed by atoms with Gasteiger partial charge in [0, 0.05) is 16.4 Å². The molecule has 0 aliphatic rings. The van der Waals surface area contributed by atoms with E-state index in [1.54, 1.807) is 49.5 Å². The third-order valence-electron chi connectivity index (χ3n) is 6.22. The van der Waals surface area contributed by atoms with Crippen LogP contribution in [0.3, 0.4) is 0 Å². The highest BCUT2D eigenvalue weighted by molar-refractivity contribution is 7.99. The van der Waals surface area contributed by atoms with Crippen molar-refractivity contribution in [2.75, 3.05) is 31.3 Å². The van der Waals surface area contributed by atoms with E-state index in [1.807, 2.05) is 48.5 Å². The second-order valence-corrected chi connectivity index (χ2v) is 11.5. The van der Waals surface area contributed by atoms with Crippen molar-refractivity contribution in [2.45, 2.75) is 21.9 Å². The van der Waals surface area contributed by atoms with Crippen molar-refractivity contribution in [3.8, 4) is 23.0 Å². The van der Waals surface area contributed by atoms with E-state index in [9.17, 15) is 19.7 Å². The molecule has 0 aliphatic heterocycles. The maximum absolute atomic E-state index is 11.5. The summed E-state index contributed by atoms with van der Waals surface area (Å²) in [5.74, 6) is 0.512. The van der Waals surface area contributed by atoms with Gasteiger partial charge in [-0.15, -0.1) is 23.5 Å². The molecule has 4 rings (SSSR count). The van der Waals surface area contributed by atoms with Crippen molar-refractivity contribution in [3.05, 3.63) is 107 Å². The number of hydrogen-bond acceptors (Lipinski definition) is 11. The summed E-state index contributed by atoms with van der Waals surface area (Å²) >= 11 is 2.48. The standard InChI is InChI=1S/C16H16N2O5S.C16H18N2O3S/c1-17-12(16(19)20)10-24-14-9-5-8-13(15(14)18(21)22)23-11-6-3-2-4-7-11;1-18-12(16(19)20)10-22-14-9-5-8-13(15(14)17)21-11-6-3-2-4-7-11/h2-9,12,17H,10H2,1H3,(H,19,20);2-9,12,18H,10,17H2,1H3,(H,19,20)/t2*12-/m00/s1. The number of carboxylic acids is 2. The second kappa shape index (κ2) is 18.3. The average Bonchev–Trinajstić information content (AvgIpc) is 3.04. The predicted octanol–water partition coefficient (Wildman–Crippen LogP) is 5.98. The molecule has 242 valence electrons. The van der Waals surface area contributed by atoms with Gasteiger partial charge in [-0.3, -0.25) is 19.7 Å². The first-order chi connectivity index (χ1) is 22.1. The number of benzene rings is 4. The molecule has 0 heterocycles. The van der Waals surface area contributed by atoms with Gasteiger partial charge in [-0.05, 0) is 62.6 Å². The van der Waals surface area contributed by atoms with Gasteiger partial charge in [0.15, 0.2) is 5.75 Å². The summed E-state index contributed by atoms with van der Waals surface area (Å²) in [5, 5.41) is 35.0. The number of nitrogen functional groups attached to an aromatic ring is 1. The summed E-state index contributed by atoms with van der Waals surface area (Å²) in [6.45, 7) is 0. The zero-order valence-electron chi connectivity index (χ0n) is 25.0. The number of nitrogens with two attached hydrogens (primary N) is 1. The number of carboxylic acid groups (broad SMARTS) is 2. The molecular weight excluding hydrogens is 633 g/mol. The van der Waals surface area contributed by atoms with E-state index in [-0.39, 0.29) is 17.2 Å². The molecule has 46 heavy (non-hydrogen) atoms. The van der Waals surface area contributed by atoms with Gasteiger partial charge in [0.2, 0.25) is 5.75 Å². The van der Waals surface area contributed by atoms with Crippen LogP contribution < -0.4 is 25.8 Å². The van der Waals surface area contributed by atoms with Gasteiger partial charge in [0.25, 0.3) is 0 Å². The number of carbonyl (C=O) groups is 2. The largest absolute Gasteiger partial charge is 0.480 e. The van der Waals surface area contributed by atoms with E-state index in [2.05, 4.69) is 10.6 Å². The highest BCUT2D eigenvalue weighted by Crippen LogP contribution is 2.39. The van der Waals surface area contributed by atoms with Crippen LogP contribution in [0, 0.1) is 10.1 Å². The Hall–Kier alpha value is -4.76. The molecule has 0 saturated carbocycles. The molecule has 12 nitrogen and oxygen atoms in total. The highest BCUT2D eigenvalue weighted by Gasteiger charge is 2.24. The third kappa shape index (κ3) is 10.7. The fraction of sp³-hybridized carbons (Fsp3) is 0.188. The lowest BCUT2D eigenvalue weighted by Crippen LogP contribution is -2.35. The Balaban J connectivity index is 0.000000251. The smallest absolute Gasteiger partial charge is 0.324 e. The lowest BCUT2D eigenvalue weighted by Gasteiger charge is -2.14. The van der Waals surface area contributed by atoms with E-state index in [0.717, 1.165) is 16.7 Å². The summed E-state index contributed by atoms with van der Waals surface area (Å²) in [6.07, 6.45) is 0. The number of thioether (sulfide) groups is 2. The van der Waals surface area contributed by atoms with Crippen LogP contribution in [0.1, 0.15) is 0 Å². The van der Waals surface area contributed by atoms with Crippen molar-refractivity contribution in [2.24, 2.45) is 0 Å². The molecule has 6 N–H and O–H groups in total. The minimum atomic E-state index is -1.01. The zero-order valence-corrected chi connectivity index (χ0v) is 26.6. The van der Waals surface area contributed by atoms with Gasteiger partial charge < -0.3 is 36.1 Å². The van der Waals surface area contributed by atoms with E-state index in [0.29, 0.717) is 33.6 Å². The number of nitro benzene ring substituents is 1. The topological polar surface area (TPSA) is 186 Å². The van der Waals surface area contributed by atoms with Crippen LogP contribution in [0.25, 0.3) is 0 Å². The number of likely N-dealkylation sites (N-methyl/N-ethyl adjacent to an activating group) is 2. The fourth-order valence-electron chi connectivity index (χ4n) is 3.75. The molecule has 4 aromatic rings. The Morgan fingerprint density at radius 2 is 1.17 bits per heavy atom. The Morgan fingerprint density at radius 3 is 1.63 bits per heavy atom. The highest BCUT2D eigenvalue weighted by atomic mass is 32.2. The van der Waals surface area contributed by atoms with Gasteiger partial charge in [0.1, 0.15) is 23.6 Å². The van der Waals surface area contributed by atoms with E-state index in [4.69, 9.17) is 25.4 Å². The van der Waals surface area contributed by atoms with E-state index in [1.165, 1.54) is 24.9 Å². The number of hydrogen-bond donors (Lipinski definition) is 5. The molecule has 0 bridgehead atoms. The molecule has 0 aromatic heterocycles. The number of anilines is 1. The summed E-state index contributed by atoms with van der Waals surface area (Å²) in [5.41, 5.74) is 6.46. The van der Waals surface area contributed by atoms with Crippen molar-refractivity contribution in [1.82, 2.24) is 10.6 Å². The number of nitrogens with zero attached hydrogens (tertiary/aromatic N) is 1. The minimum Gasteiger partial charge on any atom is -0.480 e. The van der Waals surface area contributed by atoms with Crippen LogP contribution >= 0.6 is 23.5 Å². The lowest BCUT2D eigenvalue weighted by molar-refractivity contribution is -0.388. The van der Waals surface area contributed by atoms with Crippen LogP contribution in [0.15, 0.2) is 107 Å². The average molecular weight is 667 g/mol. The van der Waals surface area contributed by atoms with Crippen LogP contribution in [-0.4, -0.2) is 64.8 Å². The number of aliphatic carboxylic acids is 2. The maximum atomic E-state index is 11.5. The van der Waals surface area contributed by atoms with Gasteiger partial charge in [-0.2, -0.15) is 0 Å². The van der Waals surface area contributed by atoms with Gasteiger partial charge in [-0.1, -0.05) is 48.5 Å². The van der Waals surface area contributed by atoms with Crippen molar-refractivity contribution < 1.29 is 34.2 Å². The van der Waals surface area contributed by atoms with Gasteiger partial charge in [0.05, 0.1) is 15.5 Å². The Labute approximate surface area is 274 Å². The molecular formula is C32H34N4O8S2. The summed E-state index contributed by atoms with van der Waals surface area (Å²) < 4.78 is 11.4. The number of nitro groups is 1. The molecule has 0 unspecified atom stereocenters. The Morgan fingerprint density at radius 1 is 0.739 bits per heavy atom. The summed E-state index contributed by atoms with van der Waals surface area (Å²) in [4.78, 5) is 34.2. The van der Waals surface area contributed by atoms with Gasteiger partial charge in [-0.25, -0.2) is 0 Å². The predicted molar refractivity (Wildman–Crippen MR) is 179 cm³/mol. The molecule has 14 heteroatoms. The number of nitrogens with one attached hydrogen (secondary N) is 2. The number of rotatable bonds is 15. The molecule has 0 radical (unpaired) electrons. The molecule has 0 amide bonds. The number of para-hydroxylation sites is 4. The van der Waals surface area contributed by atoms with Crippen LogP contribution in [0.2, 0.25) is 0 Å². The Kier molecular flexibility index (Phi) is 14.2. The van der Waals surface area contributed by atoms with Gasteiger partial charge >= 0.3 is 17.6 Å². The normalized spacial score (nSPS) is 11.8. The first-order valence-corrected chi connectivity index (χ1v) is 15.8. The molecule has 0 aliphatic carbocycles. The number of ether oxygens (including phenoxy) is 2. The molecule has 0 fully saturated rings. The quantitative estimate of drug-likeness (QED) is 0.0432.